The minimum Gasteiger partial charge on any atom is -1.00 e. The van der Waals surface area contributed by atoms with E-state index in [0.717, 1.165) is 142 Å². The Kier molecular flexibility index (Phi) is 33.3. The molecule has 310 valence electrons. The third-order valence-corrected chi connectivity index (χ3v) is 11.2. The number of hydrogen-bond donors (Lipinski definition) is 0. The Bertz CT molecular complexity index is 1180. The summed E-state index contributed by atoms with van der Waals surface area (Å²) in [7, 11) is 4.39. The third-order valence-electron chi connectivity index (χ3n) is 10.3. The third kappa shape index (κ3) is 20.6. The molecule has 10 nitrogen and oxygen atoms in total. The average molecular weight is 956 g/mol. The van der Waals surface area contributed by atoms with Crippen LogP contribution in [-0.4, -0.2) is 192 Å². The summed E-state index contributed by atoms with van der Waals surface area (Å²) in [6, 6.07) is 12.4. The molecule has 0 saturated carbocycles. The molecule has 18 heteroatoms. The maximum absolute atomic E-state index is 6.75. The summed E-state index contributed by atoms with van der Waals surface area (Å²) in [6.45, 7) is 21.5. The first kappa shape index (κ1) is 56.9. The SMILES string of the molecule is CN1CCC(Cl)N2CCN(CCCN(Cc3ccccn3)CC2)CC1.CN1CCN2CCN(Cc3ccccn3)CCN(CC2)C(Cl)C1.[Cl-].[Cl-].[Cl-].[Cl-].[Mn+2].[Mn+2]. The predicted octanol–water partition coefficient (Wildman–Crippen LogP) is -9.19. The molecule has 4 aliphatic rings. The Morgan fingerprint density at radius 3 is 1.52 bits per heavy atom. The van der Waals surface area contributed by atoms with Crippen LogP contribution >= 0.6 is 23.2 Å². The van der Waals surface area contributed by atoms with Gasteiger partial charge >= 0.3 is 34.1 Å². The molecule has 4 saturated heterocycles. The molecule has 4 fully saturated rings. The molecule has 6 atom stereocenters. The van der Waals surface area contributed by atoms with E-state index < -0.39 is 0 Å². The number of fused-ring (bicyclic) bond motifs is 6. The number of alkyl halides is 2. The van der Waals surface area contributed by atoms with Gasteiger partial charge in [-0.2, -0.15) is 0 Å². The number of rotatable bonds is 4. The molecule has 6 unspecified atom stereocenters. The topological polar surface area (TPSA) is 51.7 Å². The summed E-state index contributed by atoms with van der Waals surface area (Å²) in [5, 5.41) is 0. The first-order chi connectivity index (χ1) is 23.4. The van der Waals surface area contributed by atoms with Gasteiger partial charge in [0.1, 0.15) is 0 Å². The van der Waals surface area contributed by atoms with Gasteiger partial charge in [-0.05, 0) is 64.3 Å². The van der Waals surface area contributed by atoms with Gasteiger partial charge in [-0.3, -0.25) is 34.5 Å². The number of aromatic nitrogens is 2. The molecule has 4 aliphatic heterocycles. The van der Waals surface area contributed by atoms with Crippen molar-refractivity contribution in [2.24, 2.45) is 0 Å². The first-order valence-electron chi connectivity index (χ1n) is 18.2. The molecule has 2 radical (unpaired) electrons. The van der Waals surface area contributed by atoms with Gasteiger partial charge in [0.15, 0.2) is 0 Å². The van der Waals surface area contributed by atoms with E-state index in [-0.39, 0.29) is 94.8 Å². The van der Waals surface area contributed by atoms with Crippen LogP contribution in [0.4, 0.5) is 0 Å². The number of hydrogen-bond acceptors (Lipinski definition) is 10. The van der Waals surface area contributed by atoms with Crippen molar-refractivity contribution in [3.63, 3.8) is 0 Å². The minimum atomic E-state index is 0. The number of likely N-dealkylation sites (N-methyl/N-ethyl adjacent to an activating group) is 2. The second-order valence-corrected chi connectivity index (χ2v) is 15.0. The average Bonchev–Trinajstić information content (AvgIpc) is 3.23. The fraction of sp³-hybridized carbons (Fsp3) is 0.722. The van der Waals surface area contributed by atoms with Crippen LogP contribution in [0.2, 0.25) is 0 Å². The zero-order valence-corrected chi connectivity index (χ0v) is 38.7. The minimum absolute atomic E-state index is 0. The van der Waals surface area contributed by atoms with Gasteiger partial charge in [0, 0.05) is 130 Å². The van der Waals surface area contributed by atoms with E-state index in [0.29, 0.717) is 0 Å². The Morgan fingerprint density at radius 1 is 0.519 bits per heavy atom. The van der Waals surface area contributed by atoms with Gasteiger partial charge < -0.3 is 64.3 Å². The largest absolute Gasteiger partial charge is 2.00 e. The van der Waals surface area contributed by atoms with Crippen molar-refractivity contribution in [3.8, 4) is 0 Å². The van der Waals surface area contributed by atoms with E-state index in [9.17, 15) is 0 Å². The number of halogens is 6. The normalized spacial score (nSPS) is 27.7. The van der Waals surface area contributed by atoms with Gasteiger partial charge in [-0.15, -0.1) is 23.2 Å². The summed E-state index contributed by atoms with van der Waals surface area (Å²) in [4.78, 5) is 28.9. The molecule has 0 aliphatic carbocycles. The van der Waals surface area contributed by atoms with Crippen LogP contribution in [0.15, 0.2) is 48.8 Å². The molecular formula is C36H60Cl6Mn2N10. The van der Waals surface area contributed by atoms with E-state index >= 15 is 0 Å². The van der Waals surface area contributed by atoms with Crippen LogP contribution < -0.4 is 49.6 Å². The van der Waals surface area contributed by atoms with E-state index in [1.54, 1.807) is 0 Å². The fourth-order valence-electron chi connectivity index (χ4n) is 7.03. The molecule has 6 rings (SSSR count). The van der Waals surface area contributed by atoms with Crippen LogP contribution in [0.1, 0.15) is 24.2 Å². The van der Waals surface area contributed by atoms with E-state index in [4.69, 9.17) is 23.2 Å². The molecule has 6 heterocycles. The zero-order valence-electron chi connectivity index (χ0n) is 31.8. The van der Waals surface area contributed by atoms with Crippen LogP contribution in [0.25, 0.3) is 0 Å². The Balaban J connectivity index is 0. The van der Waals surface area contributed by atoms with E-state index in [2.05, 4.69) is 87.5 Å². The van der Waals surface area contributed by atoms with Crippen molar-refractivity contribution in [2.75, 3.05) is 132 Å². The summed E-state index contributed by atoms with van der Waals surface area (Å²) >= 11 is 13.4. The van der Waals surface area contributed by atoms with Crippen LogP contribution in [0.3, 0.4) is 0 Å². The molecule has 0 N–H and O–H groups in total. The van der Waals surface area contributed by atoms with Crippen LogP contribution in [0, 0.1) is 0 Å². The molecule has 2 aromatic rings. The van der Waals surface area contributed by atoms with E-state index in [1.165, 1.54) is 13.0 Å². The monoisotopic (exact) mass is 952 g/mol. The Morgan fingerprint density at radius 2 is 0.963 bits per heavy atom. The number of pyridine rings is 2. The van der Waals surface area contributed by atoms with E-state index in [1.807, 2.05) is 24.5 Å². The second-order valence-electron chi connectivity index (χ2n) is 14.0. The number of nitrogens with zero attached hydrogens (tertiary/aromatic N) is 10. The fourth-order valence-corrected chi connectivity index (χ4v) is 7.75. The second kappa shape index (κ2) is 31.7. The van der Waals surface area contributed by atoms with Gasteiger partial charge in [0.25, 0.3) is 0 Å². The molecule has 0 aromatic carbocycles. The molecule has 0 amide bonds. The maximum atomic E-state index is 6.75. The first-order valence-corrected chi connectivity index (χ1v) is 19.1. The standard InChI is InChI=1S/C19H32ClN5.C17H28ClN5.4ClH.2Mn/c1-22-10-6-19(20)25-15-13-23(12-11-22)8-4-9-24(14-16-25)17-18-5-2-3-7-21-18;1-20-6-7-21-8-9-22(14-16-4-2-3-5-19-16)11-13-23(12-10-21)17(18)15-20;;;;;;/h2-3,5,7,19H,4,6,8-17H2,1H3;2-5,17H,6-15H2,1H3;4*1H;;/q;;;;;;2*+2/p-4. The smallest absolute Gasteiger partial charge is 1.00 e. The molecule has 0 spiro atoms. The van der Waals surface area contributed by atoms with Crippen LogP contribution in [0.5, 0.6) is 0 Å². The summed E-state index contributed by atoms with van der Waals surface area (Å²) in [5.41, 5.74) is 2.56. The molecule has 54 heavy (non-hydrogen) atoms. The predicted molar refractivity (Wildman–Crippen MR) is 199 cm³/mol. The van der Waals surface area contributed by atoms with Crippen molar-refractivity contribution in [3.05, 3.63) is 60.2 Å². The molecular weight excluding hydrogens is 895 g/mol. The Labute approximate surface area is 382 Å². The summed E-state index contributed by atoms with van der Waals surface area (Å²) in [5.74, 6) is 0. The van der Waals surface area contributed by atoms with Crippen molar-refractivity contribution < 1.29 is 83.8 Å². The Hall–Kier alpha value is 0.759. The van der Waals surface area contributed by atoms with Gasteiger partial charge in [0.2, 0.25) is 0 Å². The van der Waals surface area contributed by atoms with Crippen LogP contribution in [-0.2, 0) is 47.2 Å². The molecule has 2 aromatic heterocycles. The van der Waals surface area contributed by atoms with Crippen molar-refractivity contribution in [1.29, 1.82) is 0 Å². The van der Waals surface area contributed by atoms with Crippen molar-refractivity contribution in [1.82, 2.24) is 49.2 Å². The summed E-state index contributed by atoms with van der Waals surface area (Å²) in [6.07, 6.45) is 6.04. The van der Waals surface area contributed by atoms with Gasteiger partial charge in [0.05, 0.1) is 22.4 Å². The quantitative estimate of drug-likeness (QED) is 0.168. The van der Waals surface area contributed by atoms with Crippen molar-refractivity contribution in [2.45, 2.75) is 36.9 Å². The van der Waals surface area contributed by atoms with Crippen molar-refractivity contribution >= 4 is 23.2 Å². The molecule has 4 bridgehead atoms. The zero-order chi connectivity index (χ0) is 33.6. The van der Waals surface area contributed by atoms with Gasteiger partial charge in [-0.1, -0.05) is 12.1 Å². The maximum Gasteiger partial charge on any atom is 2.00 e. The van der Waals surface area contributed by atoms with Gasteiger partial charge in [-0.25, -0.2) is 0 Å². The summed E-state index contributed by atoms with van der Waals surface area (Å²) < 4.78 is 0.